The van der Waals surface area contributed by atoms with E-state index in [-0.39, 0.29) is 5.91 Å². The molecule has 5 nitrogen and oxygen atoms in total. The van der Waals surface area contributed by atoms with Gasteiger partial charge in [-0.15, -0.1) is 0 Å². The van der Waals surface area contributed by atoms with E-state index < -0.39 is 6.10 Å². The number of nitrogens with zero attached hydrogens (tertiary/aromatic N) is 2. The van der Waals surface area contributed by atoms with Gasteiger partial charge >= 0.3 is 0 Å². The number of carbonyl (C=O) groups is 1. The Morgan fingerprint density at radius 2 is 1.91 bits per heavy atom. The predicted octanol–water partition coefficient (Wildman–Crippen LogP) is 0.864. The standard InChI is InChI=1S/C17H27N3O2/c1-18-9-5-8-17(22)20-12-10-19(11-13-20)14-16(21)15-6-3-2-4-7-15/h2-4,6-7,16,18,21H,5,8-14H2,1H3. The van der Waals surface area contributed by atoms with Crippen LogP contribution in [0.3, 0.4) is 0 Å². The summed E-state index contributed by atoms with van der Waals surface area (Å²) in [6.45, 7) is 4.71. The number of amides is 1. The van der Waals surface area contributed by atoms with E-state index >= 15 is 0 Å². The van der Waals surface area contributed by atoms with Gasteiger partial charge in [0.15, 0.2) is 0 Å². The van der Waals surface area contributed by atoms with Gasteiger partial charge in [0, 0.05) is 39.1 Å². The van der Waals surface area contributed by atoms with E-state index in [1.54, 1.807) is 0 Å². The SMILES string of the molecule is CNCCCC(=O)N1CCN(CC(O)c2ccccc2)CC1. The lowest BCUT2D eigenvalue weighted by Gasteiger charge is -2.35. The van der Waals surface area contributed by atoms with Crippen molar-refractivity contribution in [2.45, 2.75) is 18.9 Å². The van der Waals surface area contributed by atoms with Gasteiger partial charge in [0.05, 0.1) is 6.10 Å². The Balaban J connectivity index is 1.72. The molecule has 0 spiro atoms. The summed E-state index contributed by atoms with van der Waals surface area (Å²) in [5.41, 5.74) is 0.952. The summed E-state index contributed by atoms with van der Waals surface area (Å²) in [7, 11) is 1.90. The zero-order valence-electron chi connectivity index (χ0n) is 13.4. The van der Waals surface area contributed by atoms with Crippen LogP contribution in [0, 0.1) is 0 Å². The third-order valence-electron chi connectivity index (χ3n) is 4.16. The molecule has 1 aromatic rings. The van der Waals surface area contributed by atoms with Gasteiger partial charge < -0.3 is 15.3 Å². The highest BCUT2D eigenvalue weighted by Gasteiger charge is 2.22. The average molecular weight is 305 g/mol. The lowest BCUT2D eigenvalue weighted by atomic mass is 10.1. The fourth-order valence-corrected chi connectivity index (χ4v) is 2.78. The molecule has 2 rings (SSSR count). The van der Waals surface area contributed by atoms with Gasteiger partial charge in [-0.05, 0) is 25.6 Å². The van der Waals surface area contributed by atoms with Gasteiger partial charge in [-0.25, -0.2) is 0 Å². The highest BCUT2D eigenvalue weighted by molar-refractivity contribution is 5.76. The van der Waals surface area contributed by atoms with Gasteiger partial charge in [-0.3, -0.25) is 9.69 Å². The maximum Gasteiger partial charge on any atom is 0.222 e. The van der Waals surface area contributed by atoms with Crippen molar-refractivity contribution in [3.8, 4) is 0 Å². The molecular weight excluding hydrogens is 278 g/mol. The molecule has 1 atom stereocenters. The van der Waals surface area contributed by atoms with Gasteiger partial charge in [-0.2, -0.15) is 0 Å². The Morgan fingerprint density at radius 3 is 2.55 bits per heavy atom. The van der Waals surface area contributed by atoms with Crippen molar-refractivity contribution >= 4 is 5.91 Å². The number of benzene rings is 1. The molecular formula is C17H27N3O2. The van der Waals surface area contributed by atoms with E-state index in [4.69, 9.17) is 0 Å². The van der Waals surface area contributed by atoms with Gasteiger partial charge in [-0.1, -0.05) is 30.3 Å². The lowest BCUT2D eigenvalue weighted by molar-refractivity contribution is -0.133. The molecule has 22 heavy (non-hydrogen) atoms. The molecule has 1 heterocycles. The molecule has 0 saturated carbocycles. The number of nitrogens with one attached hydrogen (secondary N) is 1. The molecule has 1 fully saturated rings. The van der Waals surface area contributed by atoms with Crippen LogP contribution in [-0.4, -0.2) is 67.1 Å². The highest BCUT2D eigenvalue weighted by atomic mass is 16.3. The summed E-state index contributed by atoms with van der Waals surface area (Å²) in [4.78, 5) is 16.2. The Bertz CT molecular complexity index is 444. The second kappa shape index (κ2) is 8.88. The Morgan fingerprint density at radius 1 is 1.23 bits per heavy atom. The number of hydrogen-bond acceptors (Lipinski definition) is 4. The number of aliphatic hydroxyl groups excluding tert-OH is 1. The van der Waals surface area contributed by atoms with Gasteiger partial charge in [0.1, 0.15) is 0 Å². The van der Waals surface area contributed by atoms with Crippen LogP contribution in [0.1, 0.15) is 24.5 Å². The third kappa shape index (κ3) is 5.09. The van der Waals surface area contributed by atoms with E-state index in [9.17, 15) is 9.90 Å². The first kappa shape index (κ1) is 16.9. The maximum atomic E-state index is 12.1. The van der Waals surface area contributed by atoms with Crippen LogP contribution in [0.4, 0.5) is 0 Å². The third-order valence-corrected chi connectivity index (χ3v) is 4.16. The number of hydrogen-bond donors (Lipinski definition) is 2. The zero-order valence-corrected chi connectivity index (χ0v) is 13.4. The first-order valence-electron chi connectivity index (χ1n) is 8.08. The summed E-state index contributed by atoms with van der Waals surface area (Å²) < 4.78 is 0. The molecule has 1 aliphatic rings. The Hall–Kier alpha value is -1.43. The average Bonchev–Trinajstić information content (AvgIpc) is 2.56. The molecule has 122 valence electrons. The van der Waals surface area contributed by atoms with E-state index in [0.29, 0.717) is 13.0 Å². The van der Waals surface area contributed by atoms with Crippen LogP contribution >= 0.6 is 0 Å². The van der Waals surface area contributed by atoms with Crippen LogP contribution in [0.2, 0.25) is 0 Å². The number of rotatable bonds is 7. The summed E-state index contributed by atoms with van der Waals surface area (Å²) in [5.74, 6) is 0.249. The topological polar surface area (TPSA) is 55.8 Å². The first-order valence-corrected chi connectivity index (χ1v) is 8.08. The van der Waals surface area contributed by atoms with Gasteiger partial charge in [0.25, 0.3) is 0 Å². The minimum Gasteiger partial charge on any atom is -0.387 e. The Labute approximate surface area is 132 Å². The molecule has 0 bridgehead atoms. The van der Waals surface area contributed by atoms with Crippen molar-refractivity contribution in [2.75, 3.05) is 46.3 Å². The van der Waals surface area contributed by atoms with E-state index in [1.165, 1.54) is 0 Å². The fraction of sp³-hybridized carbons (Fsp3) is 0.588. The minimum absolute atomic E-state index is 0.249. The fourth-order valence-electron chi connectivity index (χ4n) is 2.78. The van der Waals surface area contributed by atoms with Crippen molar-refractivity contribution in [3.63, 3.8) is 0 Å². The molecule has 1 aliphatic heterocycles. The van der Waals surface area contributed by atoms with E-state index in [2.05, 4.69) is 10.2 Å². The highest BCUT2D eigenvalue weighted by Crippen LogP contribution is 2.15. The zero-order chi connectivity index (χ0) is 15.8. The van der Waals surface area contributed by atoms with Crippen LogP contribution in [0.15, 0.2) is 30.3 Å². The predicted molar refractivity (Wildman–Crippen MR) is 87.6 cm³/mol. The number of piperazine rings is 1. The monoisotopic (exact) mass is 305 g/mol. The summed E-state index contributed by atoms with van der Waals surface area (Å²) in [6.07, 6.45) is 1.05. The van der Waals surface area contributed by atoms with Crippen LogP contribution < -0.4 is 5.32 Å². The quantitative estimate of drug-likeness (QED) is 0.734. The maximum absolute atomic E-state index is 12.1. The summed E-state index contributed by atoms with van der Waals surface area (Å²) in [6, 6.07) is 9.74. The van der Waals surface area contributed by atoms with Crippen molar-refractivity contribution in [1.29, 1.82) is 0 Å². The van der Waals surface area contributed by atoms with Crippen molar-refractivity contribution in [2.24, 2.45) is 0 Å². The largest absolute Gasteiger partial charge is 0.387 e. The van der Waals surface area contributed by atoms with Crippen LogP contribution in [-0.2, 0) is 4.79 Å². The van der Waals surface area contributed by atoms with Crippen LogP contribution in [0.5, 0.6) is 0 Å². The summed E-state index contributed by atoms with van der Waals surface area (Å²) >= 11 is 0. The summed E-state index contributed by atoms with van der Waals surface area (Å²) in [5, 5.41) is 13.3. The van der Waals surface area contributed by atoms with Crippen molar-refractivity contribution in [3.05, 3.63) is 35.9 Å². The molecule has 0 aromatic heterocycles. The minimum atomic E-state index is -0.459. The lowest BCUT2D eigenvalue weighted by Crippen LogP contribution is -2.49. The van der Waals surface area contributed by atoms with E-state index in [0.717, 1.165) is 44.7 Å². The van der Waals surface area contributed by atoms with Crippen molar-refractivity contribution in [1.82, 2.24) is 15.1 Å². The second-order valence-electron chi connectivity index (χ2n) is 5.81. The molecule has 1 unspecified atom stereocenters. The normalized spacial score (nSPS) is 17.5. The molecule has 1 amide bonds. The number of β-amino-alcohol motifs (C(OH)–C–C–N with tert-alkyl or cyclic N) is 1. The molecule has 1 aromatic carbocycles. The van der Waals surface area contributed by atoms with Crippen LogP contribution in [0.25, 0.3) is 0 Å². The molecule has 0 radical (unpaired) electrons. The second-order valence-corrected chi connectivity index (χ2v) is 5.81. The molecule has 5 heteroatoms. The smallest absolute Gasteiger partial charge is 0.222 e. The van der Waals surface area contributed by atoms with Gasteiger partial charge in [0.2, 0.25) is 5.91 Å². The molecule has 0 aliphatic carbocycles. The molecule has 2 N–H and O–H groups in total. The number of carbonyl (C=O) groups excluding carboxylic acids is 1. The number of aliphatic hydroxyl groups is 1. The molecule has 1 saturated heterocycles. The Kier molecular flexibility index (Phi) is 6.83. The van der Waals surface area contributed by atoms with Crippen molar-refractivity contribution < 1.29 is 9.90 Å². The first-order chi connectivity index (χ1) is 10.7. The van der Waals surface area contributed by atoms with E-state index in [1.807, 2.05) is 42.3 Å².